The molecule has 2 heteroatoms. The van der Waals surface area contributed by atoms with Crippen LogP contribution in [0.1, 0.15) is 59.8 Å². The van der Waals surface area contributed by atoms with Crippen molar-refractivity contribution >= 4 is 0 Å². The molecule has 2 nitrogen and oxygen atoms in total. The number of hydrogen-bond acceptors (Lipinski definition) is 2. The van der Waals surface area contributed by atoms with Crippen molar-refractivity contribution in [2.75, 3.05) is 0 Å². The van der Waals surface area contributed by atoms with Crippen LogP contribution in [-0.2, 0) is 4.74 Å². The maximum Gasteiger partial charge on any atom is 0.0733 e. The summed E-state index contributed by atoms with van der Waals surface area (Å²) in [6, 6.07) is 1.32. The molecule has 0 aromatic rings. The lowest BCUT2D eigenvalue weighted by Gasteiger charge is -2.29. The maximum absolute atomic E-state index is 5.93. The molecule has 0 aromatic carbocycles. The Morgan fingerprint density at radius 3 is 2.12 bits per heavy atom. The lowest BCUT2D eigenvalue weighted by molar-refractivity contribution is 0.0949. The number of nitrogens with one attached hydrogen (secondary N) is 1. The first-order chi connectivity index (χ1) is 8.04. The van der Waals surface area contributed by atoms with E-state index in [1.165, 1.54) is 32.1 Å². The van der Waals surface area contributed by atoms with Crippen LogP contribution >= 0.6 is 0 Å². The van der Waals surface area contributed by atoms with Crippen LogP contribution < -0.4 is 5.32 Å². The minimum Gasteiger partial charge on any atom is -0.373 e. The molecule has 2 bridgehead atoms. The molecule has 3 unspecified atom stereocenters. The second-order valence-corrected chi connectivity index (χ2v) is 6.84. The highest BCUT2D eigenvalue weighted by Gasteiger charge is 2.41. The summed E-state index contributed by atoms with van der Waals surface area (Å²) >= 11 is 0. The number of rotatable bonds is 6. The third-order valence-corrected chi connectivity index (χ3v) is 4.07. The summed E-state index contributed by atoms with van der Waals surface area (Å²) < 4.78 is 5.93. The molecule has 100 valence electrons. The van der Waals surface area contributed by atoms with E-state index in [2.05, 4.69) is 33.0 Å². The molecule has 0 radical (unpaired) electrons. The van der Waals surface area contributed by atoms with Crippen LogP contribution in [0, 0.1) is 11.8 Å². The first kappa shape index (κ1) is 13.4. The minimum absolute atomic E-state index is 0.516. The largest absolute Gasteiger partial charge is 0.373 e. The topological polar surface area (TPSA) is 21.3 Å². The van der Waals surface area contributed by atoms with E-state index >= 15 is 0 Å². The van der Waals surface area contributed by atoms with Gasteiger partial charge in [0.2, 0.25) is 0 Å². The van der Waals surface area contributed by atoms with Crippen LogP contribution in [0.5, 0.6) is 0 Å². The number of hydrogen-bond donors (Lipinski definition) is 1. The van der Waals surface area contributed by atoms with Gasteiger partial charge in [0.15, 0.2) is 0 Å². The second kappa shape index (κ2) is 5.71. The average molecular weight is 239 g/mol. The Morgan fingerprint density at radius 2 is 1.71 bits per heavy atom. The van der Waals surface area contributed by atoms with E-state index in [9.17, 15) is 0 Å². The molecule has 0 amide bonds. The van der Waals surface area contributed by atoms with E-state index in [4.69, 9.17) is 4.74 Å². The van der Waals surface area contributed by atoms with Gasteiger partial charge in [-0.25, -0.2) is 0 Å². The average Bonchev–Trinajstić information content (AvgIpc) is 2.76. The van der Waals surface area contributed by atoms with E-state index in [0.717, 1.165) is 11.8 Å². The molecule has 2 rings (SSSR count). The summed E-state index contributed by atoms with van der Waals surface area (Å²) in [7, 11) is 0. The molecule has 0 saturated carbocycles. The van der Waals surface area contributed by atoms with Gasteiger partial charge < -0.3 is 10.1 Å². The predicted molar refractivity (Wildman–Crippen MR) is 72.1 cm³/mol. The fourth-order valence-electron chi connectivity index (χ4n) is 3.49. The van der Waals surface area contributed by atoms with Gasteiger partial charge in [0.05, 0.1) is 12.2 Å². The van der Waals surface area contributed by atoms with Crippen molar-refractivity contribution in [3.63, 3.8) is 0 Å². The third-order valence-electron chi connectivity index (χ3n) is 4.07. The number of fused-ring (bicyclic) bond motifs is 2. The monoisotopic (exact) mass is 239 g/mol. The summed E-state index contributed by atoms with van der Waals surface area (Å²) in [6.07, 6.45) is 7.49. The molecular formula is C15H29NO. The Kier molecular flexibility index (Phi) is 4.48. The number of ether oxygens (including phenoxy) is 1. The summed E-state index contributed by atoms with van der Waals surface area (Å²) in [5, 5.41) is 3.89. The van der Waals surface area contributed by atoms with Crippen LogP contribution in [-0.4, -0.2) is 24.3 Å². The van der Waals surface area contributed by atoms with Crippen molar-refractivity contribution in [1.82, 2.24) is 5.32 Å². The van der Waals surface area contributed by atoms with E-state index < -0.39 is 0 Å². The molecule has 2 aliphatic heterocycles. The fourth-order valence-corrected chi connectivity index (χ4v) is 3.49. The summed E-state index contributed by atoms with van der Waals surface area (Å²) in [4.78, 5) is 0. The lowest BCUT2D eigenvalue weighted by Crippen LogP contribution is -2.44. The lowest BCUT2D eigenvalue weighted by atomic mass is 9.91. The Labute approximate surface area is 107 Å². The van der Waals surface area contributed by atoms with Gasteiger partial charge in [0, 0.05) is 12.1 Å². The van der Waals surface area contributed by atoms with Gasteiger partial charge in [-0.3, -0.25) is 0 Å². The van der Waals surface area contributed by atoms with Crippen molar-refractivity contribution < 1.29 is 4.74 Å². The second-order valence-electron chi connectivity index (χ2n) is 6.84. The zero-order valence-corrected chi connectivity index (χ0v) is 11.9. The molecule has 0 aromatic heterocycles. The van der Waals surface area contributed by atoms with E-state index in [-0.39, 0.29) is 0 Å². The molecular weight excluding hydrogens is 210 g/mol. The van der Waals surface area contributed by atoms with Crippen molar-refractivity contribution in [3.8, 4) is 0 Å². The molecule has 1 N–H and O–H groups in total. The normalized spacial score (nSPS) is 32.3. The summed E-state index contributed by atoms with van der Waals surface area (Å²) in [5.74, 6) is 1.57. The van der Waals surface area contributed by atoms with Gasteiger partial charge in [-0.05, 0) is 43.9 Å². The first-order valence-electron chi connectivity index (χ1n) is 7.46. The molecule has 3 atom stereocenters. The van der Waals surface area contributed by atoms with Crippen molar-refractivity contribution in [1.29, 1.82) is 0 Å². The Hall–Kier alpha value is -0.0800. The van der Waals surface area contributed by atoms with Crippen LogP contribution in [0.4, 0.5) is 0 Å². The van der Waals surface area contributed by atoms with Gasteiger partial charge in [0.25, 0.3) is 0 Å². The molecule has 0 aliphatic carbocycles. The third kappa shape index (κ3) is 3.69. The Morgan fingerprint density at radius 1 is 1.06 bits per heavy atom. The molecule has 0 spiro atoms. The first-order valence-corrected chi connectivity index (χ1v) is 7.46. The standard InChI is InChI=1S/C15H29NO/c1-10(2)7-12(8-11(3)4)16-14-9-13-5-6-15(14)17-13/h10-16H,5-9H2,1-4H3. The summed E-state index contributed by atoms with van der Waals surface area (Å²) in [5.41, 5.74) is 0. The van der Waals surface area contributed by atoms with Crippen molar-refractivity contribution in [3.05, 3.63) is 0 Å². The Bertz CT molecular complexity index is 229. The highest BCUT2D eigenvalue weighted by Crippen LogP contribution is 2.35. The van der Waals surface area contributed by atoms with E-state index in [0.29, 0.717) is 24.3 Å². The fraction of sp³-hybridized carbons (Fsp3) is 1.00. The van der Waals surface area contributed by atoms with Crippen molar-refractivity contribution in [2.24, 2.45) is 11.8 Å². The molecule has 2 heterocycles. The van der Waals surface area contributed by atoms with Crippen LogP contribution in [0.2, 0.25) is 0 Å². The highest BCUT2D eigenvalue weighted by atomic mass is 16.5. The molecule has 2 fully saturated rings. The Balaban J connectivity index is 1.83. The summed E-state index contributed by atoms with van der Waals surface area (Å²) in [6.45, 7) is 9.30. The van der Waals surface area contributed by atoms with Crippen LogP contribution in [0.3, 0.4) is 0 Å². The van der Waals surface area contributed by atoms with Gasteiger partial charge in [-0.2, -0.15) is 0 Å². The van der Waals surface area contributed by atoms with E-state index in [1.807, 2.05) is 0 Å². The smallest absolute Gasteiger partial charge is 0.0733 e. The van der Waals surface area contributed by atoms with Crippen LogP contribution in [0.25, 0.3) is 0 Å². The van der Waals surface area contributed by atoms with Gasteiger partial charge in [-0.15, -0.1) is 0 Å². The maximum atomic E-state index is 5.93. The van der Waals surface area contributed by atoms with Crippen molar-refractivity contribution in [2.45, 2.75) is 84.1 Å². The van der Waals surface area contributed by atoms with Gasteiger partial charge in [0.1, 0.15) is 0 Å². The molecule has 17 heavy (non-hydrogen) atoms. The van der Waals surface area contributed by atoms with Gasteiger partial charge in [-0.1, -0.05) is 27.7 Å². The molecule has 2 aliphatic rings. The SMILES string of the molecule is CC(C)CC(CC(C)C)NC1CC2CCC1O2. The molecule has 2 saturated heterocycles. The zero-order valence-electron chi connectivity index (χ0n) is 11.9. The quantitative estimate of drug-likeness (QED) is 0.767. The van der Waals surface area contributed by atoms with Gasteiger partial charge >= 0.3 is 0 Å². The minimum atomic E-state index is 0.516. The van der Waals surface area contributed by atoms with E-state index in [1.54, 1.807) is 0 Å². The highest BCUT2D eigenvalue weighted by molar-refractivity contribution is 4.95. The predicted octanol–water partition coefficient (Wildman–Crippen LogP) is 3.36. The zero-order chi connectivity index (χ0) is 12.4. The van der Waals surface area contributed by atoms with Crippen LogP contribution in [0.15, 0.2) is 0 Å².